The Balaban J connectivity index is 1.61. The minimum absolute atomic E-state index is 0.219. The van der Waals surface area contributed by atoms with Crippen LogP contribution in [0.15, 0.2) is 47.1 Å². The Labute approximate surface area is 149 Å². The van der Waals surface area contributed by atoms with Gasteiger partial charge in [-0.05, 0) is 68.8 Å². The molecule has 0 bridgehead atoms. The van der Waals surface area contributed by atoms with Gasteiger partial charge in [0, 0.05) is 12.2 Å². The average Bonchev–Trinajstić information content (AvgIpc) is 3.12. The molecule has 1 aromatic heterocycles. The van der Waals surface area contributed by atoms with Crippen LogP contribution in [0.25, 0.3) is 0 Å². The highest BCUT2D eigenvalue weighted by molar-refractivity contribution is 7.80. The van der Waals surface area contributed by atoms with Crippen molar-refractivity contribution in [1.29, 1.82) is 0 Å². The number of nitrogens with zero attached hydrogens (tertiary/aromatic N) is 1. The highest BCUT2D eigenvalue weighted by Gasteiger charge is 2.24. The fourth-order valence-electron chi connectivity index (χ4n) is 3.19. The molecule has 0 saturated carbocycles. The monoisotopic (exact) mass is 343 g/mol. The number of anilines is 1. The van der Waals surface area contributed by atoms with Crippen molar-refractivity contribution in [2.75, 3.05) is 25.0 Å². The number of rotatable bonds is 5. The van der Waals surface area contributed by atoms with Crippen LogP contribution in [0.5, 0.6) is 0 Å². The van der Waals surface area contributed by atoms with Crippen LogP contribution in [0.2, 0.25) is 0 Å². The van der Waals surface area contributed by atoms with Gasteiger partial charge in [-0.25, -0.2) is 0 Å². The first-order chi connectivity index (χ1) is 11.7. The first kappa shape index (κ1) is 17.0. The third-order valence-electron chi connectivity index (χ3n) is 4.55. The van der Waals surface area contributed by atoms with Crippen LogP contribution < -0.4 is 10.6 Å². The van der Waals surface area contributed by atoms with Crippen LogP contribution in [-0.4, -0.2) is 29.6 Å². The fourth-order valence-corrected chi connectivity index (χ4v) is 3.38. The number of thiocarbonyl (C=S) groups is 1. The predicted octanol–water partition coefficient (Wildman–Crippen LogP) is 4.10. The van der Waals surface area contributed by atoms with Gasteiger partial charge >= 0.3 is 0 Å². The molecule has 1 unspecified atom stereocenters. The number of furan rings is 1. The van der Waals surface area contributed by atoms with Crippen LogP contribution in [0.3, 0.4) is 0 Å². The summed E-state index contributed by atoms with van der Waals surface area (Å²) in [5.41, 5.74) is 2.22. The van der Waals surface area contributed by atoms with E-state index in [9.17, 15) is 0 Å². The van der Waals surface area contributed by atoms with Gasteiger partial charge in [0.2, 0.25) is 0 Å². The zero-order chi connectivity index (χ0) is 16.8. The van der Waals surface area contributed by atoms with Gasteiger partial charge in [0.1, 0.15) is 5.76 Å². The largest absolute Gasteiger partial charge is 0.468 e. The second-order valence-electron chi connectivity index (χ2n) is 6.28. The van der Waals surface area contributed by atoms with Gasteiger partial charge < -0.3 is 15.1 Å². The smallest absolute Gasteiger partial charge is 0.170 e. The molecular formula is C19H25N3OS. The van der Waals surface area contributed by atoms with Crippen LogP contribution in [-0.2, 0) is 0 Å². The molecule has 24 heavy (non-hydrogen) atoms. The summed E-state index contributed by atoms with van der Waals surface area (Å²) >= 11 is 5.47. The number of nitrogens with one attached hydrogen (secondary N) is 2. The molecule has 0 aliphatic carbocycles. The Morgan fingerprint density at radius 1 is 1.17 bits per heavy atom. The number of hydrogen-bond acceptors (Lipinski definition) is 3. The van der Waals surface area contributed by atoms with Gasteiger partial charge in [0.05, 0.1) is 12.3 Å². The lowest BCUT2D eigenvalue weighted by Gasteiger charge is -2.33. The van der Waals surface area contributed by atoms with Crippen LogP contribution >= 0.6 is 12.2 Å². The van der Waals surface area contributed by atoms with E-state index in [-0.39, 0.29) is 6.04 Å². The summed E-state index contributed by atoms with van der Waals surface area (Å²) in [6, 6.07) is 12.4. The number of para-hydroxylation sites is 1. The van der Waals surface area contributed by atoms with E-state index in [1.54, 1.807) is 6.26 Å². The highest BCUT2D eigenvalue weighted by atomic mass is 32.1. The van der Waals surface area contributed by atoms with Crippen LogP contribution in [0.1, 0.15) is 36.6 Å². The molecule has 3 rings (SSSR count). The van der Waals surface area contributed by atoms with Crippen LogP contribution in [0.4, 0.5) is 5.69 Å². The van der Waals surface area contributed by atoms with Crippen molar-refractivity contribution in [1.82, 2.24) is 10.2 Å². The van der Waals surface area contributed by atoms with Crippen molar-refractivity contribution in [3.8, 4) is 0 Å². The zero-order valence-corrected chi connectivity index (χ0v) is 14.9. The van der Waals surface area contributed by atoms with E-state index < -0.39 is 0 Å². The number of piperidine rings is 1. The predicted molar refractivity (Wildman–Crippen MR) is 102 cm³/mol. The molecule has 2 aromatic rings. The first-order valence-corrected chi connectivity index (χ1v) is 9.03. The zero-order valence-electron chi connectivity index (χ0n) is 14.1. The molecule has 2 heterocycles. The van der Waals surface area contributed by atoms with Gasteiger partial charge in [-0.3, -0.25) is 4.90 Å². The van der Waals surface area contributed by atoms with Crippen LogP contribution in [0, 0.1) is 6.92 Å². The molecule has 1 aromatic carbocycles. The van der Waals surface area contributed by atoms with E-state index in [4.69, 9.17) is 16.6 Å². The number of likely N-dealkylation sites (tertiary alicyclic amines) is 1. The Morgan fingerprint density at radius 2 is 1.96 bits per heavy atom. The quantitative estimate of drug-likeness (QED) is 0.800. The number of aryl methyl sites for hydroxylation is 1. The molecule has 0 radical (unpaired) electrons. The molecule has 0 amide bonds. The van der Waals surface area contributed by atoms with E-state index in [0.717, 1.165) is 31.1 Å². The van der Waals surface area contributed by atoms with E-state index in [1.807, 2.05) is 24.3 Å². The van der Waals surface area contributed by atoms with E-state index >= 15 is 0 Å². The summed E-state index contributed by atoms with van der Waals surface area (Å²) in [4.78, 5) is 2.49. The topological polar surface area (TPSA) is 40.4 Å². The van der Waals surface area contributed by atoms with Crippen molar-refractivity contribution < 1.29 is 4.42 Å². The second-order valence-corrected chi connectivity index (χ2v) is 6.69. The summed E-state index contributed by atoms with van der Waals surface area (Å²) < 4.78 is 5.67. The third-order valence-corrected chi connectivity index (χ3v) is 4.80. The lowest BCUT2D eigenvalue weighted by Crippen LogP contribution is -2.41. The Bertz CT molecular complexity index is 650. The molecule has 0 spiro atoms. The standard InChI is InChI=1S/C19H25N3OS/c1-15-8-3-4-9-16(15)21-19(24)20-14-17(18-10-7-13-23-18)22-11-5-2-6-12-22/h3-4,7-10,13,17H,2,5-6,11-12,14H2,1H3,(H2,20,21,24). The number of benzene rings is 1. The van der Waals surface area contributed by atoms with Crippen molar-refractivity contribution in [2.45, 2.75) is 32.2 Å². The van der Waals surface area contributed by atoms with E-state index in [2.05, 4.69) is 34.6 Å². The number of hydrogen-bond donors (Lipinski definition) is 2. The van der Waals surface area contributed by atoms with Crippen molar-refractivity contribution in [3.63, 3.8) is 0 Å². The molecule has 2 N–H and O–H groups in total. The maximum absolute atomic E-state index is 5.67. The van der Waals surface area contributed by atoms with E-state index in [1.165, 1.54) is 24.8 Å². The SMILES string of the molecule is Cc1ccccc1NC(=S)NCC(c1ccco1)N1CCCCC1. The highest BCUT2D eigenvalue weighted by Crippen LogP contribution is 2.24. The summed E-state index contributed by atoms with van der Waals surface area (Å²) in [5.74, 6) is 1.00. The van der Waals surface area contributed by atoms with Gasteiger partial charge in [-0.15, -0.1) is 0 Å². The maximum Gasteiger partial charge on any atom is 0.170 e. The van der Waals surface area contributed by atoms with Crippen molar-refractivity contribution in [3.05, 3.63) is 54.0 Å². The normalized spacial score (nSPS) is 16.5. The average molecular weight is 343 g/mol. The molecule has 128 valence electrons. The Morgan fingerprint density at radius 3 is 2.67 bits per heavy atom. The molecule has 5 heteroatoms. The fraction of sp³-hybridized carbons (Fsp3) is 0.421. The lowest BCUT2D eigenvalue weighted by molar-refractivity contribution is 0.146. The third kappa shape index (κ3) is 4.36. The molecule has 4 nitrogen and oxygen atoms in total. The van der Waals surface area contributed by atoms with Gasteiger partial charge in [0.25, 0.3) is 0 Å². The van der Waals surface area contributed by atoms with Gasteiger partial charge in [-0.1, -0.05) is 24.6 Å². The molecular weight excluding hydrogens is 318 g/mol. The Hall–Kier alpha value is -1.85. The lowest BCUT2D eigenvalue weighted by atomic mass is 10.1. The van der Waals surface area contributed by atoms with Gasteiger partial charge in [-0.2, -0.15) is 0 Å². The van der Waals surface area contributed by atoms with E-state index in [0.29, 0.717) is 5.11 Å². The Kier molecular flexibility index (Phi) is 5.88. The summed E-state index contributed by atoms with van der Waals surface area (Å²) in [6.45, 7) is 5.05. The summed E-state index contributed by atoms with van der Waals surface area (Å²) in [6.07, 6.45) is 5.57. The molecule has 1 atom stereocenters. The van der Waals surface area contributed by atoms with Gasteiger partial charge in [0.15, 0.2) is 5.11 Å². The first-order valence-electron chi connectivity index (χ1n) is 8.62. The maximum atomic E-state index is 5.67. The van der Waals surface area contributed by atoms with Crippen molar-refractivity contribution >= 4 is 23.0 Å². The van der Waals surface area contributed by atoms with Crippen molar-refractivity contribution in [2.24, 2.45) is 0 Å². The second kappa shape index (κ2) is 8.31. The minimum atomic E-state index is 0.219. The molecule has 1 aliphatic rings. The molecule has 1 aliphatic heterocycles. The summed E-state index contributed by atoms with van der Waals surface area (Å²) in [5, 5.41) is 7.30. The molecule has 1 fully saturated rings. The molecule has 1 saturated heterocycles. The minimum Gasteiger partial charge on any atom is -0.468 e. The summed E-state index contributed by atoms with van der Waals surface area (Å²) in [7, 11) is 0.